The maximum atomic E-state index is 13.5. The van der Waals surface area contributed by atoms with Crippen LogP contribution in [0.4, 0.5) is 14.5 Å². The molecule has 0 bridgehead atoms. The molecule has 2 aromatic carbocycles. The van der Waals surface area contributed by atoms with Crippen molar-refractivity contribution < 1.29 is 27.9 Å². The Labute approximate surface area is 142 Å². The number of nitrogens with one attached hydrogen (secondary N) is 1. The second kappa shape index (κ2) is 7.65. The van der Waals surface area contributed by atoms with E-state index >= 15 is 0 Å². The maximum absolute atomic E-state index is 13.5. The van der Waals surface area contributed by atoms with Crippen molar-refractivity contribution >= 4 is 23.3 Å². The molecule has 2 rings (SSSR count). The van der Waals surface area contributed by atoms with Crippen LogP contribution in [-0.4, -0.2) is 23.8 Å². The summed E-state index contributed by atoms with van der Waals surface area (Å²) < 4.78 is 31.3. The molecule has 0 aliphatic carbocycles. The first-order valence-electron chi connectivity index (χ1n) is 7.36. The summed E-state index contributed by atoms with van der Waals surface area (Å²) in [6.45, 7) is 2.74. The number of ketones is 1. The molecule has 0 aromatic heterocycles. The molecule has 25 heavy (non-hydrogen) atoms. The van der Waals surface area contributed by atoms with Crippen molar-refractivity contribution in [2.75, 3.05) is 5.32 Å². The molecule has 0 saturated heterocycles. The summed E-state index contributed by atoms with van der Waals surface area (Å²) in [7, 11) is 0. The third-order valence-electron chi connectivity index (χ3n) is 3.36. The fraction of sp³-hybridized carbons (Fsp3) is 0.167. The number of halogens is 2. The molecule has 130 valence electrons. The molecule has 7 heteroatoms. The molecule has 1 atom stereocenters. The molecular weight excluding hydrogens is 332 g/mol. The Balaban J connectivity index is 1.99. The van der Waals surface area contributed by atoms with Crippen LogP contribution in [-0.2, 0) is 9.53 Å². The fourth-order valence-corrected chi connectivity index (χ4v) is 1.96. The predicted octanol–water partition coefficient (Wildman–Crippen LogP) is 3.35. The van der Waals surface area contributed by atoms with Crippen LogP contribution in [0.3, 0.4) is 0 Å². The largest absolute Gasteiger partial charge is 0.449 e. The molecule has 0 unspecified atom stereocenters. The lowest BCUT2D eigenvalue weighted by Crippen LogP contribution is -2.30. The van der Waals surface area contributed by atoms with Crippen LogP contribution in [0.5, 0.6) is 0 Å². The summed E-state index contributed by atoms with van der Waals surface area (Å²) in [4.78, 5) is 35.1. The van der Waals surface area contributed by atoms with Gasteiger partial charge in [-0.25, -0.2) is 13.6 Å². The van der Waals surface area contributed by atoms with Crippen molar-refractivity contribution in [3.8, 4) is 0 Å². The summed E-state index contributed by atoms with van der Waals surface area (Å²) >= 11 is 0. The Bertz CT molecular complexity index is 818. The van der Waals surface area contributed by atoms with E-state index in [1.54, 1.807) is 12.1 Å². The smallest absolute Gasteiger partial charge is 0.341 e. The van der Waals surface area contributed by atoms with E-state index in [0.29, 0.717) is 17.3 Å². The van der Waals surface area contributed by atoms with Gasteiger partial charge in [-0.2, -0.15) is 0 Å². The van der Waals surface area contributed by atoms with Crippen molar-refractivity contribution in [2.24, 2.45) is 0 Å². The Hall–Kier alpha value is -3.09. The van der Waals surface area contributed by atoms with Gasteiger partial charge in [-0.05, 0) is 50.2 Å². The second-order valence-corrected chi connectivity index (χ2v) is 5.29. The number of benzene rings is 2. The molecule has 0 heterocycles. The minimum Gasteiger partial charge on any atom is -0.449 e. The van der Waals surface area contributed by atoms with Crippen molar-refractivity contribution in [2.45, 2.75) is 20.0 Å². The van der Waals surface area contributed by atoms with E-state index in [4.69, 9.17) is 4.74 Å². The average molecular weight is 347 g/mol. The number of hydrogen-bond donors (Lipinski definition) is 1. The summed E-state index contributed by atoms with van der Waals surface area (Å²) in [6, 6.07) is 8.56. The predicted molar refractivity (Wildman–Crippen MR) is 86.3 cm³/mol. The number of hydrogen-bond acceptors (Lipinski definition) is 4. The zero-order valence-electron chi connectivity index (χ0n) is 13.5. The molecule has 0 aliphatic heterocycles. The van der Waals surface area contributed by atoms with Gasteiger partial charge in [0.1, 0.15) is 11.6 Å². The van der Waals surface area contributed by atoms with Crippen LogP contribution >= 0.6 is 0 Å². The molecule has 0 radical (unpaired) electrons. The third kappa shape index (κ3) is 4.69. The van der Waals surface area contributed by atoms with E-state index in [1.165, 1.54) is 26.0 Å². The van der Waals surface area contributed by atoms with E-state index < -0.39 is 35.2 Å². The number of ether oxygens (including phenoxy) is 1. The second-order valence-electron chi connectivity index (χ2n) is 5.29. The first kappa shape index (κ1) is 18.3. The van der Waals surface area contributed by atoms with Gasteiger partial charge in [0.05, 0.1) is 5.56 Å². The Kier molecular flexibility index (Phi) is 5.59. The van der Waals surface area contributed by atoms with E-state index in [-0.39, 0.29) is 5.78 Å². The molecule has 5 nitrogen and oxygen atoms in total. The van der Waals surface area contributed by atoms with Gasteiger partial charge in [-0.3, -0.25) is 9.59 Å². The van der Waals surface area contributed by atoms with Crippen molar-refractivity contribution in [1.82, 2.24) is 0 Å². The van der Waals surface area contributed by atoms with E-state index in [0.717, 1.165) is 12.1 Å². The van der Waals surface area contributed by atoms with Crippen LogP contribution in [0.2, 0.25) is 0 Å². The highest BCUT2D eigenvalue weighted by Crippen LogP contribution is 2.14. The Morgan fingerprint density at radius 1 is 1.04 bits per heavy atom. The highest BCUT2D eigenvalue weighted by molar-refractivity contribution is 5.98. The maximum Gasteiger partial charge on any atom is 0.341 e. The molecule has 0 spiro atoms. The van der Waals surface area contributed by atoms with Gasteiger partial charge in [-0.15, -0.1) is 0 Å². The number of Topliss-reactive ketones (excluding diaryl/α,β-unsaturated/α-hetero) is 1. The van der Waals surface area contributed by atoms with Gasteiger partial charge in [0.15, 0.2) is 11.9 Å². The first-order chi connectivity index (χ1) is 11.8. The first-order valence-corrected chi connectivity index (χ1v) is 7.36. The molecule has 0 fully saturated rings. The molecule has 2 aromatic rings. The summed E-state index contributed by atoms with van der Waals surface area (Å²) in [5.41, 5.74) is 0.432. The monoisotopic (exact) mass is 347 g/mol. The Morgan fingerprint density at radius 2 is 1.68 bits per heavy atom. The molecule has 0 aliphatic rings. The number of anilines is 1. The lowest BCUT2D eigenvalue weighted by Gasteiger charge is -2.14. The molecule has 1 amide bonds. The molecule has 0 saturated carbocycles. The number of carbonyl (C=O) groups is 3. The highest BCUT2D eigenvalue weighted by Gasteiger charge is 2.21. The molecule has 1 N–H and O–H groups in total. The van der Waals surface area contributed by atoms with Crippen LogP contribution in [0, 0.1) is 11.6 Å². The van der Waals surface area contributed by atoms with Gasteiger partial charge in [0.25, 0.3) is 5.91 Å². The van der Waals surface area contributed by atoms with Gasteiger partial charge in [0, 0.05) is 17.3 Å². The molecular formula is C18H15F2NO4. The van der Waals surface area contributed by atoms with Gasteiger partial charge in [-0.1, -0.05) is 0 Å². The number of rotatable bonds is 5. The van der Waals surface area contributed by atoms with Crippen LogP contribution in [0.15, 0.2) is 42.5 Å². The standard InChI is InChI=1S/C18H15F2NO4/c1-10(22)12-3-6-14(7-4-12)21-17(23)11(2)25-18(24)15-8-5-13(19)9-16(15)20/h3-9,11H,1-2H3,(H,21,23)/t11-/m1/s1. The summed E-state index contributed by atoms with van der Waals surface area (Å²) in [6.07, 6.45) is -1.20. The third-order valence-corrected chi connectivity index (χ3v) is 3.36. The zero-order chi connectivity index (χ0) is 18.6. The normalized spacial score (nSPS) is 11.5. The van der Waals surface area contributed by atoms with Crippen LogP contribution in [0.25, 0.3) is 0 Å². The zero-order valence-corrected chi connectivity index (χ0v) is 13.5. The van der Waals surface area contributed by atoms with Crippen LogP contribution < -0.4 is 5.32 Å². The van der Waals surface area contributed by atoms with E-state index in [9.17, 15) is 23.2 Å². The van der Waals surface area contributed by atoms with Gasteiger partial charge in [0.2, 0.25) is 0 Å². The number of carbonyl (C=O) groups excluding carboxylic acids is 3. The highest BCUT2D eigenvalue weighted by atomic mass is 19.1. The quantitative estimate of drug-likeness (QED) is 0.665. The van der Waals surface area contributed by atoms with Gasteiger partial charge >= 0.3 is 5.97 Å². The number of amides is 1. The minimum absolute atomic E-state index is 0.110. The Morgan fingerprint density at radius 3 is 2.24 bits per heavy atom. The van der Waals surface area contributed by atoms with Gasteiger partial charge < -0.3 is 10.1 Å². The fourth-order valence-electron chi connectivity index (χ4n) is 1.96. The lowest BCUT2D eigenvalue weighted by atomic mass is 10.1. The van der Waals surface area contributed by atoms with E-state index in [1.807, 2.05) is 0 Å². The van der Waals surface area contributed by atoms with Crippen LogP contribution in [0.1, 0.15) is 34.6 Å². The van der Waals surface area contributed by atoms with E-state index in [2.05, 4.69) is 5.32 Å². The van der Waals surface area contributed by atoms with Crippen molar-refractivity contribution in [1.29, 1.82) is 0 Å². The SMILES string of the molecule is CC(=O)c1ccc(NC(=O)[C@@H](C)OC(=O)c2ccc(F)cc2F)cc1. The topological polar surface area (TPSA) is 72.5 Å². The summed E-state index contributed by atoms with van der Waals surface area (Å²) in [5, 5.41) is 2.51. The summed E-state index contributed by atoms with van der Waals surface area (Å²) in [5.74, 6) is -3.72. The van der Waals surface area contributed by atoms with Crippen molar-refractivity contribution in [3.05, 3.63) is 65.2 Å². The minimum atomic E-state index is -1.20. The lowest BCUT2D eigenvalue weighted by molar-refractivity contribution is -0.123. The average Bonchev–Trinajstić information content (AvgIpc) is 2.55. The number of esters is 1. The van der Waals surface area contributed by atoms with Crippen molar-refractivity contribution in [3.63, 3.8) is 0 Å².